The standard InChI is InChI=1S/C29H37N3O7S/c1-18-6-8-20(9-7-18)25-24(26(33)30-3)22-16-21(19-10-11-19)23(32-27(22)39-25)17-40(36,37)31-14-5-12-29(2,28(34)35)13-15-38-4/h6-9,16,19,31H,5,10-15,17H2,1-4H3,(H,30,33)(H,34,35). The molecule has 0 saturated heterocycles. The Morgan fingerprint density at radius 1 is 1.20 bits per heavy atom. The van der Waals surface area contributed by atoms with E-state index in [0.29, 0.717) is 48.3 Å². The number of hydrogen-bond donors (Lipinski definition) is 3. The van der Waals surface area contributed by atoms with Gasteiger partial charge in [0.25, 0.3) is 5.91 Å². The summed E-state index contributed by atoms with van der Waals surface area (Å²) in [6.07, 6.45) is 2.84. The van der Waals surface area contributed by atoms with Gasteiger partial charge in [-0.15, -0.1) is 0 Å². The van der Waals surface area contributed by atoms with Crippen LogP contribution in [0.5, 0.6) is 0 Å². The number of fused-ring (bicyclic) bond motifs is 1. The Kier molecular flexibility index (Phi) is 8.96. The predicted octanol–water partition coefficient (Wildman–Crippen LogP) is 4.37. The molecule has 1 fully saturated rings. The topological polar surface area (TPSA) is 148 Å². The van der Waals surface area contributed by atoms with Crippen LogP contribution in [0.3, 0.4) is 0 Å². The second kappa shape index (κ2) is 12.1. The first-order chi connectivity index (χ1) is 19.0. The largest absolute Gasteiger partial charge is 0.481 e. The number of aliphatic carboxylic acids is 1. The van der Waals surface area contributed by atoms with Crippen molar-refractivity contribution >= 4 is 33.0 Å². The summed E-state index contributed by atoms with van der Waals surface area (Å²) < 4.78 is 39.8. The molecule has 0 radical (unpaired) electrons. The number of carboxylic acid groups (broad SMARTS) is 1. The van der Waals surface area contributed by atoms with Crippen molar-refractivity contribution < 1.29 is 32.3 Å². The number of methoxy groups -OCH3 is 1. The summed E-state index contributed by atoms with van der Waals surface area (Å²) in [4.78, 5) is 29.3. The molecule has 1 aliphatic carbocycles. The van der Waals surface area contributed by atoms with Crippen LogP contribution in [-0.2, 0) is 25.3 Å². The minimum atomic E-state index is -3.77. The zero-order valence-electron chi connectivity index (χ0n) is 23.4. The molecule has 0 bridgehead atoms. The third-order valence-corrected chi connectivity index (χ3v) is 8.81. The van der Waals surface area contributed by atoms with Gasteiger partial charge in [0, 0.05) is 32.9 Å². The molecule has 40 heavy (non-hydrogen) atoms. The minimum absolute atomic E-state index is 0.109. The van der Waals surface area contributed by atoms with E-state index in [2.05, 4.69) is 15.0 Å². The molecule has 10 nitrogen and oxygen atoms in total. The van der Waals surface area contributed by atoms with E-state index in [9.17, 15) is 23.1 Å². The summed E-state index contributed by atoms with van der Waals surface area (Å²) in [5.41, 5.74) is 2.58. The van der Waals surface area contributed by atoms with E-state index in [1.807, 2.05) is 37.3 Å². The summed E-state index contributed by atoms with van der Waals surface area (Å²) in [7, 11) is -0.702. The Hall–Kier alpha value is -3.28. The number of pyridine rings is 1. The van der Waals surface area contributed by atoms with E-state index >= 15 is 0 Å². The lowest BCUT2D eigenvalue weighted by Crippen LogP contribution is -2.32. The predicted molar refractivity (Wildman–Crippen MR) is 152 cm³/mol. The van der Waals surface area contributed by atoms with Gasteiger partial charge in [-0.05, 0) is 63.5 Å². The Morgan fingerprint density at radius 2 is 1.90 bits per heavy atom. The molecule has 3 aromatic rings. The maximum absolute atomic E-state index is 13.1. The van der Waals surface area contributed by atoms with Crippen molar-refractivity contribution in [2.45, 2.75) is 57.6 Å². The van der Waals surface area contributed by atoms with E-state index in [1.54, 1.807) is 14.0 Å². The maximum Gasteiger partial charge on any atom is 0.309 e. The average Bonchev–Trinajstić information content (AvgIpc) is 3.69. The Morgan fingerprint density at radius 3 is 2.50 bits per heavy atom. The van der Waals surface area contributed by atoms with E-state index in [-0.39, 0.29) is 29.8 Å². The summed E-state index contributed by atoms with van der Waals surface area (Å²) in [5, 5.41) is 12.8. The van der Waals surface area contributed by atoms with Crippen LogP contribution in [0.4, 0.5) is 0 Å². The maximum atomic E-state index is 13.1. The highest BCUT2D eigenvalue weighted by atomic mass is 32.2. The van der Waals surface area contributed by atoms with Crippen molar-refractivity contribution in [2.75, 3.05) is 27.3 Å². The third kappa shape index (κ3) is 6.71. The number of carboxylic acids is 1. The van der Waals surface area contributed by atoms with Crippen molar-refractivity contribution in [1.29, 1.82) is 0 Å². The van der Waals surface area contributed by atoms with Gasteiger partial charge in [0.05, 0.1) is 22.1 Å². The van der Waals surface area contributed by atoms with Gasteiger partial charge in [0.2, 0.25) is 15.7 Å². The molecule has 3 N–H and O–H groups in total. The van der Waals surface area contributed by atoms with Gasteiger partial charge in [-0.25, -0.2) is 18.1 Å². The fourth-order valence-corrected chi connectivity index (χ4v) is 5.95. The van der Waals surface area contributed by atoms with Gasteiger partial charge in [0.15, 0.2) is 0 Å². The van der Waals surface area contributed by atoms with Crippen LogP contribution in [0.2, 0.25) is 0 Å². The van der Waals surface area contributed by atoms with Crippen molar-refractivity contribution in [3.05, 3.63) is 52.7 Å². The number of aryl methyl sites for hydroxylation is 1. The third-order valence-electron chi connectivity index (χ3n) is 7.51. The van der Waals surface area contributed by atoms with E-state index in [4.69, 9.17) is 9.15 Å². The molecular weight excluding hydrogens is 534 g/mol. The molecule has 1 amide bonds. The molecule has 2 heterocycles. The van der Waals surface area contributed by atoms with Crippen molar-refractivity contribution in [2.24, 2.45) is 5.41 Å². The highest BCUT2D eigenvalue weighted by molar-refractivity contribution is 7.88. The van der Waals surface area contributed by atoms with Crippen LogP contribution in [0, 0.1) is 12.3 Å². The number of ether oxygens (including phenoxy) is 1. The second-order valence-electron chi connectivity index (χ2n) is 10.8. The number of carbonyl (C=O) groups is 2. The number of rotatable bonds is 14. The average molecular weight is 572 g/mol. The number of nitrogens with zero attached hydrogens (tertiary/aromatic N) is 1. The van der Waals surface area contributed by atoms with Gasteiger partial charge < -0.3 is 19.6 Å². The van der Waals surface area contributed by atoms with E-state index < -0.39 is 21.4 Å². The molecule has 4 rings (SSSR count). The van der Waals surface area contributed by atoms with Gasteiger partial charge in [-0.2, -0.15) is 0 Å². The van der Waals surface area contributed by atoms with Crippen LogP contribution in [-0.4, -0.2) is 57.7 Å². The number of benzene rings is 1. The number of hydrogen-bond acceptors (Lipinski definition) is 7. The van der Waals surface area contributed by atoms with Crippen molar-refractivity contribution in [3.63, 3.8) is 0 Å². The van der Waals surface area contributed by atoms with Crippen LogP contribution < -0.4 is 10.0 Å². The zero-order valence-corrected chi connectivity index (χ0v) is 24.2. The number of amides is 1. The Balaban J connectivity index is 1.59. The normalized spacial score (nSPS) is 15.2. The number of sulfonamides is 1. The quantitative estimate of drug-likeness (QED) is 0.242. The monoisotopic (exact) mass is 571 g/mol. The van der Waals surface area contributed by atoms with Gasteiger partial charge in [0.1, 0.15) is 11.5 Å². The van der Waals surface area contributed by atoms with Crippen LogP contribution >= 0.6 is 0 Å². The first-order valence-electron chi connectivity index (χ1n) is 13.4. The molecule has 0 spiro atoms. The molecule has 1 aliphatic rings. The lowest BCUT2D eigenvalue weighted by atomic mass is 9.82. The van der Waals surface area contributed by atoms with Gasteiger partial charge in [-0.1, -0.05) is 29.8 Å². The second-order valence-corrected chi connectivity index (χ2v) is 12.6. The summed E-state index contributed by atoms with van der Waals surface area (Å²) in [5.74, 6) is -1.02. The summed E-state index contributed by atoms with van der Waals surface area (Å²) >= 11 is 0. The molecule has 1 atom stereocenters. The highest BCUT2D eigenvalue weighted by Crippen LogP contribution is 2.44. The smallest absolute Gasteiger partial charge is 0.309 e. The first-order valence-corrected chi connectivity index (χ1v) is 15.1. The van der Waals surface area contributed by atoms with E-state index in [1.165, 1.54) is 7.11 Å². The molecule has 1 aromatic carbocycles. The van der Waals surface area contributed by atoms with Crippen molar-refractivity contribution in [3.8, 4) is 11.3 Å². The molecule has 1 saturated carbocycles. The number of nitrogens with one attached hydrogen (secondary N) is 2. The number of carbonyl (C=O) groups excluding carboxylic acids is 1. The van der Waals surface area contributed by atoms with Gasteiger partial charge >= 0.3 is 5.97 Å². The van der Waals surface area contributed by atoms with Gasteiger partial charge in [-0.3, -0.25) is 9.59 Å². The lowest BCUT2D eigenvalue weighted by molar-refractivity contribution is -0.149. The minimum Gasteiger partial charge on any atom is -0.481 e. The van der Waals surface area contributed by atoms with Crippen LogP contribution in [0.15, 0.2) is 34.7 Å². The van der Waals surface area contributed by atoms with Crippen LogP contribution in [0.1, 0.15) is 72.1 Å². The van der Waals surface area contributed by atoms with Crippen LogP contribution in [0.25, 0.3) is 22.4 Å². The first kappa shape index (κ1) is 29.7. The summed E-state index contributed by atoms with van der Waals surface area (Å²) in [6.45, 7) is 4.04. The summed E-state index contributed by atoms with van der Waals surface area (Å²) in [6, 6.07) is 9.46. The number of furan rings is 1. The molecule has 216 valence electrons. The SMILES string of the molecule is CNC(=O)c1c(-c2ccc(C)cc2)oc2nc(CS(=O)(=O)NCCCC(C)(CCOC)C(=O)O)c(C3CC3)cc12. The molecule has 2 aromatic heterocycles. The Labute approximate surface area is 234 Å². The highest BCUT2D eigenvalue weighted by Gasteiger charge is 2.33. The van der Waals surface area contributed by atoms with Crippen molar-refractivity contribution in [1.82, 2.24) is 15.0 Å². The van der Waals surface area contributed by atoms with E-state index in [0.717, 1.165) is 29.5 Å². The fraction of sp³-hybridized carbons (Fsp3) is 0.483. The molecule has 11 heteroatoms. The lowest BCUT2D eigenvalue weighted by Gasteiger charge is -2.24. The number of aromatic nitrogens is 1. The Bertz CT molecular complexity index is 1490. The zero-order chi connectivity index (χ0) is 29.1. The fourth-order valence-electron chi connectivity index (χ4n) is 4.80. The molecule has 0 aliphatic heterocycles. The molecule has 1 unspecified atom stereocenters. The molecular formula is C29H37N3O7S.